The van der Waals surface area contributed by atoms with Gasteiger partial charge in [-0.2, -0.15) is 0 Å². The van der Waals surface area contributed by atoms with Crippen molar-refractivity contribution in [2.24, 2.45) is 0 Å². The number of hydrogen-bond donors (Lipinski definition) is 1. The maximum absolute atomic E-state index is 5.54. The Kier molecular flexibility index (Phi) is 5.08. The largest absolute Gasteiger partial charge is 0.496 e. The van der Waals surface area contributed by atoms with Crippen LogP contribution in [0.1, 0.15) is 17.2 Å². The van der Waals surface area contributed by atoms with Crippen molar-refractivity contribution in [2.75, 3.05) is 26.7 Å². The number of rotatable bonds is 4. The normalized spacial score (nSPS) is 19.1. The molecular weight excluding hydrogens is 342 g/mol. The van der Waals surface area contributed by atoms with Gasteiger partial charge in [0.1, 0.15) is 5.75 Å². The molecule has 1 aromatic carbocycles. The Hall–Kier alpha value is -1.43. The first-order valence-electron chi connectivity index (χ1n) is 7.45. The molecule has 5 heteroatoms. The van der Waals surface area contributed by atoms with E-state index >= 15 is 0 Å². The predicted molar refractivity (Wildman–Crippen MR) is 91.0 cm³/mol. The molecule has 116 valence electrons. The molecule has 0 spiro atoms. The van der Waals surface area contributed by atoms with Crippen molar-refractivity contribution in [3.63, 3.8) is 0 Å². The second-order valence-corrected chi connectivity index (χ2v) is 6.36. The van der Waals surface area contributed by atoms with Crippen LogP contribution in [0.4, 0.5) is 0 Å². The minimum atomic E-state index is 0.309. The summed E-state index contributed by atoms with van der Waals surface area (Å²) in [5.41, 5.74) is 2.45. The van der Waals surface area contributed by atoms with Crippen LogP contribution in [-0.2, 0) is 6.54 Å². The average molecular weight is 362 g/mol. The van der Waals surface area contributed by atoms with Crippen molar-refractivity contribution in [1.29, 1.82) is 0 Å². The maximum Gasteiger partial charge on any atom is 0.123 e. The van der Waals surface area contributed by atoms with Gasteiger partial charge in [0.15, 0.2) is 0 Å². The van der Waals surface area contributed by atoms with Crippen LogP contribution in [0.2, 0.25) is 0 Å². The molecule has 0 radical (unpaired) electrons. The first-order valence-corrected chi connectivity index (χ1v) is 8.24. The molecule has 4 nitrogen and oxygen atoms in total. The lowest BCUT2D eigenvalue weighted by Crippen LogP contribution is -2.45. The van der Waals surface area contributed by atoms with Crippen molar-refractivity contribution in [3.05, 3.63) is 58.3 Å². The van der Waals surface area contributed by atoms with Gasteiger partial charge in [-0.1, -0.05) is 18.2 Å². The lowest BCUT2D eigenvalue weighted by atomic mass is 10.0. The summed E-state index contributed by atoms with van der Waals surface area (Å²) in [4.78, 5) is 6.75. The van der Waals surface area contributed by atoms with Crippen molar-refractivity contribution < 1.29 is 4.74 Å². The Morgan fingerprint density at radius 1 is 1.36 bits per heavy atom. The van der Waals surface area contributed by atoms with Gasteiger partial charge in [0, 0.05) is 48.6 Å². The summed E-state index contributed by atoms with van der Waals surface area (Å²) in [6.07, 6.45) is 3.76. The van der Waals surface area contributed by atoms with E-state index in [0.29, 0.717) is 6.04 Å². The fraction of sp³-hybridized carbons (Fsp3) is 0.353. The third kappa shape index (κ3) is 3.48. The van der Waals surface area contributed by atoms with Crippen LogP contribution in [-0.4, -0.2) is 36.6 Å². The predicted octanol–water partition coefficient (Wildman–Crippen LogP) is 3.00. The quantitative estimate of drug-likeness (QED) is 0.908. The highest BCUT2D eigenvalue weighted by Crippen LogP contribution is 2.31. The number of pyridine rings is 1. The summed E-state index contributed by atoms with van der Waals surface area (Å²) < 4.78 is 6.56. The van der Waals surface area contributed by atoms with Crippen molar-refractivity contribution in [2.45, 2.75) is 12.6 Å². The van der Waals surface area contributed by atoms with Crippen molar-refractivity contribution in [3.8, 4) is 5.75 Å². The number of benzene rings is 1. The van der Waals surface area contributed by atoms with Crippen LogP contribution in [0.15, 0.2) is 47.2 Å². The van der Waals surface area contributed by atoms with Gasteiger partial charge in [0.25, 0.3) is 0 Å². The molecule has 0 saturated carbocycles. The summed E-state index contributed by atoms with van der Waals surface area (Å²) in [5.74, 6) is 0.952. The molecule has 2 heterocycles. The average Bonchev–Trinajstić information content (AvgIpc) is 2.55. The number of hydrogen-bond acceptors (Lipinski definition) is 4. The molecule has 1 aromatic heterocycles. The molecule has 3 rings (SSSR count). The Bertz CT molecular complexity index is 635. The van der Waals surface area contributed by atoms with Crippen LogP contribution >= 0.6 is 15.9 Å². The molecule has 1 unspecified atom stereocenters. The number of para-hydroxylation sites is 1. The standard InChI is InChI=1S/C17H20BrN3O/c1-22-17-5-3-2-4-15(17)16-11-19-6-7-21(16)12-13-8-14(18)10-20-9-13/h2-5,8-10,16,19H,6-7,11-12H2,1H3. The van der Waals surface area contributed by atoms with Crippen LogP contribution < -0.4 is 10.1 Å². The van der Waals surface area contributed by atoms with E-state index in [0.717, 1.165) is 36.4 Å². The number of nitrogens with zero attached hydrogens (tertiary/aromatic N) is 2. The van der Waals surface area contributed by atoms with E-state index in [1.165, 1.54) is 11.1 Å². The molecule has 0 aliphatic carbocycles. The van der Waals surface area contributed by atoms with E-state index in [9.17, 15) is 0 Å². The molecule has 1 aliphatic rings. The highest BCUT2D eigenvalue weighted by Gasteiger charge is 2.26. The molecule has 1 fully saturated rings. The fourth-order valence-corrected chi connectivity index (χ4v) is 3.37. The van der Waals surface area contributed by atoms with Gasteiger partial charge in [-0.3, -0.25) is 9.88 Å². The minimum absolute atomic E-state index is 0.309. The minimum Gasteiger partial charge on any atom is -0.496 e. The van der Waals surface area contributed by atoms with E-state index in [1.54, 1.807) is 7.11 Å². The van der Waals surface area contributed by atoms with Crippen molar-refractivity contribution in [1.82, 2.24) is 15.2 Å². The Labute approximate surface area is 139 Å². The zero-order valence-corrected chi connectivity index (χ0v) is 14.2. The van der Waals surface area contributed by atoms with E-state index in [4.69, 9.17) is 4.74 Å². The Morgan fingerprint density at radius 2 is 2.23 bits per heavy atom. The number of halogens is 1. The summed E-state index contributed by atoms with van der Waals surface area (Å²) in [5, 5.41) is 3.49. The molecule has 1 saturated heterocycles. The van der Waals surface area contributed by atoms with E-state index in [2.05, 4.69) is 49.3 Å². The zero-order valence-electron chi connectivity index (χ0n) is 12.6. The molecule has 1 N–H and O–H groups in total. The Balaban J connectivity index is 1.85. The lowest BCUT2D eigenvalue weighted by molar-refractivity contribution is 0.151. The number of aromatic nitrogens is 1. The number of nitrogens with one attached hydrogen (secondary N) is 1. The van der Waals surface area contributed by atoms with E-state index < -0.39 is 0 Å². The van der Waals surface area contributed by atoms with Gasteiger partial charge in [-0.15, -0.1) is 0 Å². The van der Waals surface area contributed by atoms with E-state index in [1.807, 2.05) is 24.5 Å². The third-order valence-corrected chi connectivity index (χ3v) is 4.43. The van der Waals surface area contributed by atoms with Gasteiger partial charge in [0.05, 0.1) is 13.2 Å². The number of methoxy groups -OCH3 is 1. The topological polar surface area (TPSA) is 37.4 Å². The first-order chi connectivity index (χ1) is 10.8. The van der Waals surface area contributed by atoms with Crippen LogP contribution in [0.25, 0.3) is 0 Å². The molecule has 22 heavy (non-hydrogen) atoms. The number of piperazine rings is 1. The first kappa shape index (κ1) is 15.5. The third-order valence-electron chi connectivity index (χ3n) is 4.00. The molecule has 0 bridgehead atoms. The molecule has 2 aromatic rings. The molecule has 1 aliphatic heterocycles. The van der Waals surface area contributed by atoms with Gasteiger partial charge >= 0.3 is 0 Å². The van der Waals surface area contributed by atoms with E-state index in [-0.39, 0.29) is 0 Å². The van der Waals surface area contributed by atoms with Gasteiger partial charge < -0.3 is 10.1 Å². The van der Waals surface area contributed by atoms with Crippen LogP contribution in [0, 0.1) is 0 Å². The van der Waals surface area contributed by atoms with Gasteiger partial charge in [0.2, 0.25) is 0 Å². The van der Waals surface area contributed by atoms with Gasteiger partial charge in [-0.25, -0.2) is 0 Å². The summed E-state index contributed by atoms with van der Waals surface area (Å²) >= 11 is 3.50. The smallest absolute Gasteiger partial charge is 0.123 e. The van der Waals surface area contributed by atoms with Crippen molar-refractivity contribution >= 4 is 15.9 Å². The van der Waals surface area contributed by atoms with Gasteiger partial charge in [-0.05, 0) is 33.6 Å². The highest BCUT2D eigenvalue weighted by molar-refractivity contribution is 9.10. The van der Waals surface area contributed by atoms with Crippen LogP contribution in [0.5, 0.6) is 5.75 Å². The maximum atomic E-state index is 5.54. The Morgan fingerprint density at radius 3 is 3.05 bits per heavy atom. The molecular formula is C17H20BrN3O. The monoisotopic (exact) mass is 361 g/mol. The lowest BCUT2D eigenvalue weighted by Gasteiger charge is -2.37. The number of ether oxygens (including phenoxy) is 1. The highest BCUT2D eigenvalue weighted by atomic mass is 79.9. The molecule has 0 amide bonds. The zero-order chi connectivity index (χ0) is 15.4. The molecule has 1 atom stereocenters. The SMILES string of the molecule is COc1ccccc1C1CNCCN1Cc1cncc(Br)c1. The van der Waals surface area contributed by atoms with Crippen LogP contribution in [0.3, 0.4) is 0 Å². The fourth-order valence-electron chi connectivity index (χ4n) is 2.96. The second-order valence-electron chi connectivity index (χ2n) is 5.44. The summed E-state index contributed by atoms with van der Waals surface area (Å²) in [6, 6.07) is 10.7. The summed E-state index contributed by atoms with van der Waals surface area (Å²) in [7, 11) is 1.73. The summed E-state index contributed by atoms with van der Waals surface area (Å²) in [6.45, 7) is 3.83. The second kappa shape index (κ2) is 7.22.